The van der Waals surface area contributed by atoms with Gasteiger partial charge in [-0.25, -0.2) is 9.59 Å². The Bertz CT molecular complexity index is 689. The van der Waals surface area contributed by atoms with Crippen LogP contribution >= 0.6 is 0 Å². The summed E-state index contributed by atoms with van der Waals surface area (Å²) >= 11 is 0. The lowest BCUT2D eigenvalue weighted by atomic mass is 10.1. The zero-order valence-electron chi connectivity index (χ0n) is 12.4. The van der Waals surface area contributed by atoms with Crippen molar-refractivity contribution in [3.05, 3.63) is 39.4 Å². The molecule has 0 aliphatic carbocycles. The number of aliphatic carboxylic acids is 1. The number of ether oxygens (including phenoxy) is 1. The molecule has 23 heavy (non-hydrogen) atoms. The molecule has 0 aromatic heterocycles. The predicted molar refractivity (Wildman–Crippen MR) is 77.1 cm³/mol. The van der Waals surface area contributed by atoms with Crippen molar-refractivity contribution in [2.24, 2.45) is 0 Å². The number of nitrogens with zero attached hydrogens (tertiary/aromatic N) is 2. The predicted octanol–water partition coefficient (Wildman–Crippen LogP) is 0.946. The average molecular weight is 321 g/mol. The maximum Gasteiger partial charge on any atom is 0.433 e. The highest BCUT2D eigenvalue weighted by molar-refractivity contribution is 5.68. The second-order valence-electron chi connectivity index (χ2n) is 5.99. The van der Waals surface area contributed by atoms with E-state index in [9.17, 15) is 19.7 Å². The van der Waals surface area contributed by atoms with E-state index in [1.54, 1.807) is 12.1 Å². The van der Waals surface area contributed by atoms with Gasteiger partial charge < -0.3 is 19.7 Å². The van der Waals surface area contributed by atoms with Gasteiger partial charge in [-0.2, -0.15) is 0 Å². The summed E-state index contributed by atoms with van der Waals surface area (Å²) in [6.07, 6.45) is 0.482. The summed E-state index contributed by atoms with van der Waals surface area (Å²) in [6, 6.07) is 4.70. The van der Waals surface area contributed by atoms with Crippen LogP contribution in [0.3, 0.4) is 0 Å². The summed E-state index contributed by atoms with van der Waals surface area (Å²) in [5.41, 5.74) is 1.50. The molecule has 2 aliphatic rings. The summed E-state index contributed by atoms with van der Waals surface area (Å²) in [7, 11) is 0. The summed E-state index contributed by atoms with van der Waals surface area (Å²) in [5.74, 6) is -1.17. The summed E-state index contributed by atoms with van der Waals surface area (Å²) in [5, 5.41) is 21.9. The van der Waals surface area contributed by atoms with Crippen molar-refractivity contribution >= 4 is 11.9 Å². The summed E-state index contributed by atoms with van der Waals surface area (Å²) in [4.78, 5) is 33.5. The van der Waals surface area contributed by atoms with Crippen LogP contribution in [0.25, 0.3) is 0 Å². The number of amides is 1. The minimum absolute atomic E-state index is 0.0924. The van der Waals surface area contributed by atoms with Crippen LogP contribution in [-0.4, -0.2) is 45.6 Å². The first-order valence-electron chi connectivity index (χ1n) is 7.40. The molecule has 0 radical (unpaired) electrons. The van der Waals surface area contributed by atoms with E-state index in [1.165, 1.54) is 0 Å². The number of quaternary nitrogens is 1. The lowest BCUT2D eigenvalue weighted by molar-refractivity contribution is -0.932. The van der Waals surface area contributed by atoms with Crippen molar-refractivity contribution in [2.45, 2.75) is 32.0 Å². The van der Waals surface area contributed by atoms with Gasteiger partial charge in [0, 0.05) is 16.9 Å². The van der Waals surface area contributed by atoms with Crippen LogP contribution in [0.2, 0.25) is 0 Å². The number of hydrogen-bond acceptors (Lipinski definition) is 5. The van der Waals surface area contributed by atoms with E-state index >= 15 is 0 Å². The molecule has 1 saturated heterocycles. The highest BCUT2D eigenvalue weighted by Crippen LogP contribution is 2.38. The van der Waals surface area contributed by atoms with Gasteiger partial charge in [0.1, 0.15) is 18.8 Å². The molecule has 2 unspecified atom stereocenters. The van der Waals surface area contributed by atoms with E-state index in [0.717, 1.165) is 5.56 Å². The summed E-state index contributed by atoms with van der Waals surface area (Å²) in [6.45, 7) is -0.243. The molecule has 8 nitrogen and oxygen atoms in total. The van der Waals surface area contributed by atoms with E-state index in [2.05, 4.69) is 0 Å². The molecular formula is C15H17N2O6+. The number of rotatable bonds is 4. The van der Waals surface area contributed by atoms with Crippen LogP contribution in [-0.2, 0) is 22.7 Å². The molecule has 8 heteroatoms. The third-order valence-corrected chi connectivity index (χ3v) is 4.46. The maximum atomic E-state index is 13.1. The van der Waals surface area contributed by atoms with Crippen LogP contribution < -0.4 is 4.74 Å². The van der Waals surface area contributed by atoms with Gasteiger partial charge in [0.25, 0.3) is 6.54 Å². The van der Waals surface area contributed by atoms with Crippen LogP contribution in [0.5, 0.6) is 5.75 Å². The van der Waals surface area contributed by atoms with Gasteiger partial charge in [-0.3, -0.25) is 0 Å². The number of nitroso groups, excluding NO2 is 1. The molecule has 122 valence electrons. The lowest BCUT2D eigenvalue weighted by Gasteiger charge is -2.44. The second-order valence-corrected chi connectivity index (χ2v) is 5.99. The van der Waals surface area contributed by atoms with Gasteiger partial charge >= 0.3 is 11.9 Å². The van der Waals surface area contributed by atoms with Gasteiger partial charge in [-0.15, -0.1) is 0 Å². The maximum absolute atomic E-state index is 13.1. The van der Waals surface area contributed by atoms with E-state index in [1.807, 2.05) is 6.07 Å². The van der Waals surface area contributed by atoms with Gasteiger partial charge in [-0.05, 0) is 6.07 Å². The Labute approximate surface area is 132 Å². The fourth-order valence-electron chi connectivity index (χ4n) is 3.27. The largest absolute Gasteiger partial charge is 0.632 e. The van der Waals surface area contributed by atoms with E-state index in [4.69, 9.17) is 9.84 Å². The quantitative estimate of drug-likeness (QED) is 0.502. The van der Waals surface area contributed by atoms with E-state index in [0.29, 0.717) is 22.5 Å². The molecular weight excluding hydrogens is 304 g/mol. The van der Waals surface area contributed by atoms with Crippen molar-refractivity contribution < 1.29 is 28.8 Å². The van der Waals surface area contributed by atoms with E-state index < -0.39 is 29.2 Å². The number of carbonyl (C=O) groups is 2. The number of carbonyl (C=O) groups excluding carboxylic acids is 1. The van der Waals surface area contributed by atoms with Gasteiger partial charge in [-0.1, -0.05) is 12.1 Å². The van der Waals surface area contributed by atoms with Crippen molar-refractivity contribution in [3.63, 3.8) is 0 Å². The first kappa shape index (κ1) is 15.6. The minimum atomic E-state index is -1.09. The van der Waals surface area contributed by atoms with Gasteiger partial charge in [0.05, 0.1) is 16.7 Å². The number of fused-ring (bicyclic) bond motifs is 1. The first-order valence-corrected chi connectivity index (χ1v) is 7.40. The van der Waals surface area contributed by atoms with Crippen molar-refractivity contribution in [1.29, 1.82) is 0 Å². The fourth-order valence-corrected chi connectivity index (χ4v) is 3.27. The number of carboxylic acid groups (broad SMARTS) is 1. The molecule has 1 aromatic carbocycles. The number of piperidine rings is 1. The first-order chi connectivity index (χ1) is 10.9. The molecule has 3 rings (SSSR count). The van der Waals surface area contributed by atoms with Crippen molar-refractivity contribution in [2.75, 3.05) is 13.2 Å². The molecule has 2 atom stereocenters. The number of benzene rings is 1. The van der Waals surface area contributed by atoms with Crippen molar-refractivity contribution in [3.8, 4) is 5.75 Å². The molecule has 0 bridgehead atoms. The number of hydroxylamine groups is 3. The molecule has 0 saturated carbocycles. The molecule has 1 N–H and O–H groups in total. The molecule has 1 fully saturated rings. The SMILES string of the molecule is O=C(O)COc1cccc2c1C[N+]([O-])(C1CCC(=O)[N+](=O)C1)C2. The number of hydrogen-bond donors (Lipinski definition) is 1. The Kier molecular flexibility index (Phi) is 3.87. The topological polar surface area (TPSA) is 107 Å². The van der Waals surface area contributed by atoms with Crippen LogP contribution in [0.1, 0.15) is 24.0 Å². The highest BCUT2D eigenvalue weighted by atomic mass is 16.6. The van der Waals surface area contributed by atoms with Crippen molar-refractivity contribution in [1.82, 2.24) is 0 Å². The van der Waals surface area contributed by atoms with Gasteiger partial charge in [0.15, 0.2) is 12.6 Å². The number of carboxylic acids is 1. The highest BCUT2D eigenvalue weighted by Gasteiger charge is 2.45. The average Bonchev–Trinajstić information content (AvgIpc) is 2.85. The minimum Gasteiger partial charge on any atom is -0.632 e. The third-order valence-electron chi connectivity index (χ3n) is 4.46. The third kappa shape index (κ3) is 2.95. The normalized spacial score (nSPS) is 26.9. The Morgan fingerprint density at radius 1 is 1.43 bits per heavy atom. The Morgan fingerprint density at radius 3 is 2.91 bits per heavy atom. The smallest absolute Gasteiger partial charge is 0.433 e. The standard InChI is InChI=1S/C15H16N2O6/c18-14-5-4-11(6-16(14)21)17(22)7-10-2-1-3-13(12(10)8-17)23-9-15(19)20/h1-3,11H,4-9H2/p+1. The van der Waals surface area contributed by atoms with E-state index in [-0.39, 0.29) is 26.1 Å². The zero-order valence-corrected chi connectivity index (χ0v) is 12.4. The lowest BCUT2D eigenvalue weighted by Crippen LogP contribution is -2.53. The Hall–Kier alpha value is -2.32. The molecule has 2 aliphatic heterocycles. The Balaban J connectivity index is 1.80. The molecule has 1 amide bonds. The van der Waals surface area contributed by atoms with Crippen LogP contribution in [0, 0.1) is 10.1 Å². The van der Waals surface area contributed by atoms with Crippen LogP contribution in [0.4, 0.5) is 0 Å². The molecule has 2 heterocycles. The Morgan fingerprint density at radius 2 is 2.22 bits per heavy atom. The zero-order chi connectivity index (χ0) is 16.6. The monoisotopic (exact) mass is 321 g/mol. The fraction of sp³-hybridized carbons (Fsp3) is 0.467. The van der Waals surface area contributed by atoms with Crippen LogP contribution in [0.15, 0.2) is 18.2 Å². The molecule has 1 aromatic rings. The second kappa shape index (κ2) is 5.71. The molecule has 0 spiro atoms. The summed E-state index contributed by atoms with van der Waals surface area (Å²) < 4.78 is 5.02. The van der Waals surface area contributed by atoms with Gasteiger partial charge in [0.2, 0.25) is 0 Å².